The van der Waals surface area contributed by atoms with Gasteiger partial charge in [0, 0.05) is 15.1 Å². The van der Waals surface area contributed by atoms with Gasteiger partial charge < -0.3 is 9.84 Å². The van der Waals surface area contributed by atoms with Gasteiger partial charge in [0.1, 0.15) is 0 Å². The molecule has 3 nitrogen and oxygen atoms in total. The fraction of sp³-hybridized carbons (Fsp3) is 0.0625. The molecule has 21 heavy (non-hydrogen) atoms. The maximum absolute atomic E-state index is 12.0. The first-order valence-corrected chi connectivity index (χ1v) is 7.23. The maximum Gasteiger partial charge on any atom is 0.185 e. The van der Waals surface area contributed by atoms with E-state index in [2.05, 4.69) is 15.9 Å². The second-order valence-corrected chi connectivity index (χ2v) is 5.54. The van der Waals surface area contributed by atoms with E-state index >= 15 is 0 Å². The lowest BCUT2D eigenvalue weighted by Gasteiger charge is -2.06. The Morgan fingerprint density at radius 2 is 1.95 bits per heavy atom. The van der Waals surface area contributed by atoms with Gasteiger partial charge in [-0.1, -0.05) is 27.5 Å². The lowest BCUT2D eigenvalue weighted by Crippen LogP contribution is -1.93. The van der Waals surface area contributed by atoms with Gasteiger partial charge in [0.05, 0.1) is 7.11 Å². The predicted molar refractivity (Wildman–Crippen MR) is 87.2 cm³/mol. The minimum Gasteiger partial charge on any atom is -0.504 e. The third-order valence-electron chi connectivity index (χ3n) is 2.84. The molecule has 108 valence electrons. The normalized spacial score (nSPS) is 10.8. The molecule has 0 saturated heterocycles. The van der Waals surface area contributed by atoms with Crippen molar-refractivity contribution in [3.63, 3.8) is 0 Å². The van der Waals surface area contributed by atoms with Crippen molar-refractivity contribution in [1.29, 1.82) is 0 Å². The Labute approximate surface area is 135 Å². The summed E-state index contributed by atoms with van der Waals surface area (Å²) < 4.78 is 5.71. The lowest BCUT2D eigenvalue weighted by molar-refractivity contribution is 0.104. The minimum atomic E-state index is -0.134. The summed E-state index contributed by atoms with van der Waals surface area (Å²) in [7, 11) is 1.47. The summed E-state index contributed by atoms with van der Waals surface area (Å²) in [5.41, 5.74) is 1.28. The zero-order valence-electron chi connectivity index (χ0n) is 11.1. The number of carbonyl (C=O) groups excluding carboxylic acids is 1. The van der Waals surface area contributed by atoms with Gasteiger partial charge in [-0.05, 0) is 54.1 Å². The van der Waals surface area contributed by atoms with Gasteiger partial charge in [-0.15, -0.1) is 0 Å². The monoisotopic (exact) mass is 366 g/mol. The third-order valence-corrected chi connectivity index (χ3v) is 3.78. The number of benzene rings is 2. The van der Waals surface area contributed by atoms with Gasteiger partial charge in [-0.3, -0.25) is 4.79 Å². The van der Waals surface area contributed by atoms with Crippen LogP contribution in [-0.4, -0.2) is 18.0 Å². The van der Waals surface area contributed by atoms with Crippen LogP contribution in [0.5, 0.6) is 11.5 Å². The number of allylic oxidation sites excluding steroid dienone is 1. The van der Waals surface area contributed by atoms with E-state index in [0.29, 0.717) is 20.8 Å². The Hall–Kier alpha value is -1.78. The molecular weight excluding hydrogens is 356 g/mol. The quantitative estimate of drug-likeness (QED) is 0.628. The summed E-state index contributed by atoms with van der Waals surface area (Å²) in [6.45, 7) is 0. The zero-order chi connectivity index (χ0) is 15.4. The molecule has 0 saturated carbocycles. The number of hydrogen-bond donors (Lipinski definition) is 1. The molecule has 0 atom stereocenters. The smallest absolute Gasteiger partial charge is 0.185 e. The van der Waals surface area contributed by atoms with Gasteiger partial charge in [-0.25, -0.2) is 0 Å². The summed E-state index contributed by atoms with van der Waals surface area (Å²) in [6.07, 6.45) is 3.11. The number of methoxy groups -OCH3 is 1. The van der Waals surface area contributed by atoms with Gasteiger partial charge >= 0.3 is 0 Å². The van der Waals surface area contributed by atoms with Gasteiger partial charge in [0.15, 0.2) is 17.3 Å². The SMILES string of the molecule is COc1cc(C=CC(=O)c2ccc(Cl)cc2)c(Br)cc1O. The summed E-state index contributed by atoms with van der Waals surface area (Å²) in [5.74, 6) is 0.243. The van der Waals surface area contributed by atoms with Crippen LogP contribution in [0.1, 0.15) is 15.9 Å². The molecule has 2 rings (SSSR count). The third kappa shape index (κ3) is 3.86. The lowest BCUT2D eigenvalue weighted by atomic mass is 10.1. The fourth-order valence-corrected chi connectivity index (χ4v) is 2.32. The number of ether oxygens (including phenoxy) is 1. The predicted octanol–water partition coefficient (Wildman–Crippen LogP) is 4.71. The highest BCUT2D eigenvalue weighted by Crippen LogP contribution is 2.33. The highest BCUT2D eigenvalue weighted by atomic mass is 79.9. The van der Waals surface area contributed by atoms with E-state index in [4.69, 9.17) is 16.3 Å². The number of phenolic OH excluding ortho intramolecular Hbond substituents is 1. The summed E-state index contributed by atoms with van der Waals surface area (Å²) in [5, 5.41) is 10.2. The molecule has 0 aliphatic rings. The number of aromatic hydroxyl groups is 1. The Morgan fingerprint density at radius 3 is 2.57 bits per heavy atom. The van der Waals surface area contributed by atoms with Crippen LogP contribution in [0.15, 0.2) is 46.9 Å². The first-order chi connectivity index (χ1) is 10.0. The van der Waals surface area contributed by atoms with Crippen molar-refractivity contribution < 1.29 is 14.6 Å². The van der Waals surface area contributed by atoms with E-state index in [0.717, 1.165) is 5.56 Å². The van der Waals surface area contributed by atoms with E-state index in [1.165, 1.54) is 19.3 Å². The Bertz CT molecular complexity index is 693. The molecule has 0 amide bonds. The molecule has 0 bridgehead atoms. The molecule has 0 unspecified atom stereocenters. The van der Waals surface area contributed by atoms with Crippen LogP contribution in [0.25, 0.3) is 6.08 Å². The Balaban J connectivity index is 2.24. The molecule has 0 aromatic heterocycles. The molecule has 2 aromatic rings. The van der Waals surface area contributed by atoms with Crippen LogP contribution >= 0.6 is 27.5 Å². The van der Waals surface area contributed by atoms with Crippen LogP contribution < -0.4 is 4.74 Å². The fourth-order valence-electron chi connectivity index (χ4n) is 1.73. The number of ketones is 1. The van der Waals surface area contributed by atoms with Crippen LogP contribution in [0.2, 0.25) is 5.02 Å². The number of halogens is 2. The van der Waals surface area contributed by atoms with Crippen molar-refractivity contribution in [2.75, 3.05) is 7.11 Å². The van der Waals surface area contributed by atoms with E-state index in [1.54, 1.807) is 36.4 Å². The molecule has 2 aromatic carbocycles. The van der Waals surface area contributed by atoms with E-state index in [-0.39, 0.29) is 11.5 Å². The first-order valence-electron chi connectivity index (χ1n) is 6.05. The first kappa shape index (κ1) is 15.6. The average Bonchev–Trinajstić information content (AvgIpc) is 2.47. The maximum atomic E-state index is 12.0. The Kier molecular flexibility index (Phi) is 5.04. The molecule has 0 aliphatic carbocycles. The van der Waals surface area contributed by atoms with Crippen molar-refractivity contribution >= 4 is 39.4 Å². The van der Waals surface area contributed by atoms with Crippen molar-refractivity contribution in [2.45, 2.75) is 0 Å². The highest BCUT2D eigenvalue weighted by Gasteiger charge is 2.07. The minimum absolute atomic E-state index is 0.0329. The number of carbonyl (C=O) groups is 1. The molecule has 0 radical (unpaired) electrons. The molecule has 5 heteroatoms. The molecule has 0 heterocycles. The highest BCUT2D eigenvalue weighted by molar-refractivity contribution is 9.10. The van der Waals surface area contributed by atoms with Gasteiger partial charge in [-0.2, -0.15) is 0 Å². The largest absolute Gasteiger partial charge is 0.504 e. The van der Waals surface area contributed by atoms with Crippen molar-refractivity contribution in [2.24, 2.45) is 0 Å². The molecular formula is C16H12BrClO3. The molecule has 0 aliphatic heterocycles. The summed E-state index contributed by atoms with van der Waals surface area (Å²) in [4.78, 5) is 12.0. The van der Waals surface area contributed by atoms with Gasteiger partial charge in [0.2, 0.25) is 0 Å². The molecule has 0 spiro atoms. The van der Waals surface area contributed by atoms with Crippen molar-refractivity contribution in [3.8, 4) is 11.5 Å². The van der Waals surface area contributed by atoms with Crippen molar-refractivity contribution in [3.05, 3.63) is 63.1 Å². The van der Waals surface area contributed by atoms with E-state index < -0.39 is 0 Å². The summed E-state index contributed by atoms with van der Waals surface area (Å²) >= 11 is 9.12. The van der Waals surface area contributed by atoms with E-state index in [9.17, 15) is 9.90 Å². The summed E-state index contributed by atoms with van der Waals surface area (Å²) in [6, 6.07) is 9.84. The van der Waals surface area contributed by atoms with Crippen LogP contribution in [-0.2, 0) is 0 Å². The number of phenols is 1. The zero-order valence-corrected chi connectivity index (χ0v) is 13.5. The standard InChI is InChI=1S/C16H12BrClO3/c1-21-16-8-11(13(17)9-15(16)20)4-7-14(19)10-2-5-12(18)6-3-10/h2-9,20H,1H3. The van der Waals surface area contributed by atoms with Crippen molar-refractivity contribution in [1.82, 2.24) is 0 Å². The molecule has 0 fully saturated rings. The Morgan fingerprint density at radius 1 is 1.29 bits per heavy atom. The molecule has 1 N–H and O–H groups in total. The van der Waals surface area contributed by atoms with Crippen LogP contribution in [0.4, 0.5) is 0 Å². The van der Waals surface area contributed by atoms with Crippen LogP contribution in [0, 0.1) is 0 Å². The second kappa shape index (κ2) is 6.78. The number of rotatable bonds is 4. The van der Waals surface area contributed by atoms with E-state index in [1.807, 2.05) is 0 Å². The second-order valence-electron chi connectivity index (χ2n) is 4.25. The number of hydrogen-bond acceptors (Lipinski definition) is 3. The average molecular weight is 368 g/mol. The van der Waals surface area contributed by atoms with Crippen LogP contribution in [0.3, 0.4) is 0 Å². The van der Waals surface area contributed by atoms with Gasteiger partial charge in [0.25, 0.3) is 0 Å². The topological polar surface area (TPSA) is 46.5 Å².